The Morgan fingerprint density at radius 1 is 1.03 bits per heavy atom. The average molecular weight is 473 g/mol. The van der Waals surface area contributed by atoms with Gasteiger partial charge in [-0.2, -0.15) is 8.78 Å². The number of aliphatic hydroxyl groups is 1. The van der Waals surface area contributed by atoms with Crippen LogP contribution in [0.15, 0.2) is 72.8 Å². The predicted octanol–water partition coefficient (Wildman–Crippen LogP) is 5.27. The van der Waals surface area contributed by atoms with E-state index >= 15 is 0 Å². The molecule has 2 N–H and O–H groups in total. The molecule has 0 aromatic heterocycles. The third-order valence-electron chi connectivity index (χ3n) is 5.16. The molecule has 1 unspecified atom stereocenters. The van der Waals surface area contributed by atoms with Crippen molar-refractivity contribution in [3.05, 3.63) is 94.5 Å². The van der Waals surface area contributed by atoms with Gasteiger partial charge in [-0.3, -0.25) is 9.59 Å². The minimum atomic E-state index is -3.36. The summed E-state index contributed by atoms with van der Waals surface area (Å²) in [6, 6.07) is 18.7. The van der Waals surface area contributed by atoms with E-state index in [0.29, 0.717) is 27.5 Å². The Morgan fingerprint density at radius 3 is 2.21 bits per heavy atom. The van der Waals surface area contributed by atoms with Crippen molar-refractivity contribution in [1.29, 1.82) is 0 Å². The molecule has 3 rings (SSSR count). The van der Waals surface area contributed by atoms with Crippen LogP contribution >= 0.6 is 11.6 Å². The summed E-state index contributed by atoms with van der Waals surface area (Å²) in [6.07, 6.45) is -1.83. The molecule has 0 aliphatic heterocycles. The molecular formula is C25H23ClF2N2O3. The molecular weight excluding hydrogens is 450 g/mol. The molecule has 0 spiro atoms. The Labute approximate surface area is 195 Å². The number of hydrogen-bond acceptors (Lipinski definition) is 3. The molecule has 3 aromatic carbocycles. The van der Waals surface area contributed by atoms with Gasteiger partial charge in [-0.05, 0) is 48.9 Å². The van der Waals surface area contributed by atoms with Gasteiger partial charge in [0.05, 0.1) is 17.1 Å². The van der Waals surface area contributed by atoms with E-state index < -0.39 is 12.0 Å². The number of alkyl halides is 2. The van der Waals surface area contributed by atoms with E-state index in [1.54, 1.807) is 55.6 Å². The number of hydrogen-bond donors (Lipinski definition) is 2. The molecule has 8 heteroatoms. The number of nitrogens with one attached hydrogen (secondary N) is 1. The van der Waals surface area contributed by atoms with Crippen LogP contribution in [0, 0.1) is 0 Å². The van der Waals surface area contributed by atoms with Gasteiger partial charge in [0.1, 0.15) is 6.10 Å². The summed E-state index contributed by atoms with van der Waals surface area (Å²) in [5.74, 6) is -3.95. The Bertz CT molecular complexity index is 1130. The maximum atomic E-state index is 13.9. The topological polar surface area (TPSA) is 69.6 Å². The predicted molar refractivity (Wildman–Crippen MR) is 125 cm³/mol. The number of halogens is 3. The zero-order valence-corrected chi connectivity index (χ0v) is 18.8. The lowest BCUT2D eigenvalue weighted by molar-refractivity contribution is -0.115. The Morgan fingerprint density at radius 2 is 1.64 bits per heavy atom. The fourth-order valence-corrected chi connectivity index (χ4v) is 3.46. The van der Waals surface area contributed by atoms with Gasteiger partial charge in [0.2, 0.25) is 5.91 Å². The number of carbonyl (C=O) groups is 2. The van der Waals surface area contributed by atoms with E-state index in [9.17, 15) is 23.5 Å². The highest BCUT2D eigenvalue weighted by Crippen LogP contribution is 2.31. The first-order chi connectivity index (χ1) is 15.6. The van der Waals surface area contributed by atoms with E-state index in [1.165, 1.54) is 29.2 Å². The fourth-order valence-electron chi connectivity index (χ4n) is 3.20. The van der Waals surface area contributed by atoms with Gasteiger partial charge in [-0.1, -0.05) is 48.0 Å². The minimum Gasteiger partial charge on any atom is -0.387 e. The lowest BCUT2D eigenvalue weighted by atomic mass is 10.0. The summed E-state index contributed by atoms with van der Waals surface area (Å²) in [6.45, 7) is 1.02. The second kappa shape index (κ2) is 10.1. The van der Waals surface area contributed by atoms with Crippen molar-refractivity contribution in [2.75, 3.05) is 17.3 Å². The largest absolute Gasteiger partial charge is 0.387 e. The first-order valence-corrected chi connectivity index (χ1v) is 10.5. The summed E-state index contributed by atoms with van der Waals surface area (Å²) in [5.41, 5.74) is 1.73. The number of anilines is 2. The number of carbonyl (C=O) groups excluding carboxylic acids is 2. The molecule has 0 aliphatic rings. The molecule has 0 saturated carbocycles. The normalized spacial score (nSPS) is 12.2. The van der Waals surface area contributed by atoms with Gasteiger partial charge < -0.3 is 15.3 Å². The van der Waals surface area contributed by atoms with Crippen LogP contribution in [-0.2, 0) is 17.1 Å². The standard InChI is InChI=1S/C25H23ClF2N2O3/c1-16(31)25(27,28)19-11-7-17(8-12-19)15-23(32)29-20-13-9-18(10-14-20)24(33)30(2)22-6-4-3-5-21(22)26/h3-14,16,31H,15H2,1-2H3,(H,29,32). The van der Waals surface area contributed by atoms with Crippen LogP contribution in [-0.4, -0.2) is 30.1 Å². The van der Waals surface area contributed by atoms with Gasteiger partial charge in [0.15, 0.2) is 0 Å². The lowest BCUT2D eigenvalue weighted by Gasteiger charge is -2.19. The second-order valence-corrected chi connectivity index (χ2v) is 8.02. The molecule has 0 saturated heterocycles. The van der Waals surface area contributed by atoms with Gasteiger partial charge in [0.25, 0.3) is 11.8 Å². The smallest absolute Gasteiger partial charge is 0.298 e. The first-order valence-electron chi connectivity index (χ1n) is 10.2. The molecule has 5 nitrogen and oxygen atoms in total. The minimum absolute atomic E-state index is 0.0174. The number of benzene rings is 3. The van der Waals surface area contributed by atoms with Crippen LogP contribution in [0.5, 0.6) is 0 Å². The highest BCUT2D eigenvalue weighted by molar-refractivity contribution is 6.34. The maximum absolute atomic E-state index is 13.9. The van der Waals surface area contributed by atoms with Crippen molar-refractivity contribution in [2.24, 2.45) is 0 Å². The number of nitrogens with zero attached hydrogens (tertiary/aromatic N) is 1. The third kappa shape index (κ3) is 5.74. The van der Waals surface area contributed by atoms with E-state index in [4.69, 9.17) is 11.6 Å². The van der Waals surface area contributed by atoms with Crippen molar-refractivity contribution in [1.82, 2.24) is 0 Å². The summed E-state index contributed by atoms with van der Waals surface area (Å²) < 4.78 is 27.7. The van der Waals surface area contributed by atoms with E-state index in [0.717, 1.165) is 6.92 Å². The number of rotatable bonds is 7. The fraction of sp³-hybridized carbons (Fsp3) is 0.200. The van der Waals surface area contributed by atoms with Crippen LogP contribution in [0.25, 0.3) is 0 Å². The van der Waals surface area contributed by atoms with E-state index in [-0.39, 0.29) is 23.8 Å². The zero-order valence-electron chi connectivity index (χ0n) is 18.1. The lowest BCUT2D eigenvalue weighted by Crippen LogP contribution is -2.27. The van der Waals surface area contributed by atoms with Crippen molar-refractivity contribution in [3.8, 4) is 0 Å². The third-order valence-corrected chi connectivity index (χ3v) is 5.48. The highest BCUT2D eigenvalue weighted by atomic mass is 35.5. The van der Waals surface area contributed by atoms with Gasteiger partial charge in [0, 0.05) is 23.9 Å². The summed E-state index contributed by atoms with van der Waals surface area (Å²) in [7, 11) is 1.63. The van der Waals surface area contributed by atoms with Crippen LogP contribution in [0.1, 0.15) is 28.4 Å². The monoisotopic (exact) mass is 472 g/mol. The van der Waals surface area contributed by atoms with Gasteiger partial charge in [-0.25, -0.2) is 0 Å². The Balaban J connectivity index is 1.61. The SMILES string of the molecule is CC(O)C(F)(F)c1ccc(CC(=O)Nc2ccc(C(=O)N(C)c3ccccc3Cl)cc2)cc1. The Hall–Kier alpha value is -3.29. The highest BCUT2D eigenvalue weighted by Gasteiger charge is 2.37. The molecule has 1 atom stereocenters. The van der Waals surface area contributed by atoms with Crippen molar-refractivity contribution < 1.29 is 23.5 Å². The van der Waals surface area contributed by atoms with Crippen LogP contribution < -0.4 is 10.2 Å². The number of para-hydroxylation sites is 1. The van der Waals surface area contributed by atoms with Crippen LogP contribution in [0.4, 0.5) is 20.2 Å². The van der Waals surface area contributed by atoms with Gasteiger partial charge in [-0.15, -0.1) is 0 Å². The first kappa shape index (κ1) is 24.4. The molecule has 2 amide bonds. The number of aliphatic hydroxyl groups excluding tert-OH is 1. The molecule has 33 heavy (non-hydrogen) atoms. The molecule has 0 bridgehead atoms. The number of amides is 2. The van der Waals surface area contributed by atoms with E-state index in [1.807, 2.05) is 0 Å². The maximum Gasteiger partial charge on any atom is 0.298 e. The molecule has 0 radical (unpaired) electrons. The molecule has 0 fully saturated rings. The quantitative estimate of drug-likeness (QED) is 0.492. The molecule has 0 aliphatic carbocycles. The van der Waals surface area contributed by atoms with Crippen LogP contribution in [0.2, 0.25) is 5.02 Å². The zero-order chi connectivity index (χ0) is 24.2. The summed E-state index contributed by atoms with van der Waals surface area (Å²) in [4.78, 5) is 26.5. The van der Waals surface area contributed by atoms with Crippen molar-refractivity contribution >= 4 is 34.8 Å². The Kier molecular flexibility index (Phi) is 7.46. The molecule has 172 valence electrons. The second-order valence-electron chi connectivity index (χ2n) is 7.61. The molecule has 3 aromatic rings. The summed E-state index contributed by atoms with van der Waals surface area (Å²) in [5, 5.41) is 12.4. The summed E-state index contributed by atoms with van der Waals surface area (Å²) >= 11 is 6.15. The van der Waals surface area contributed by atoms with Crippen LogP contribution in [0.3, 0.4) is 0 Å². The van der Waals surface area contributed by atoms with Gasteiger partial charge >= 0.3 is 0 Å². The molecule has 0 heterocycles. The van der Waals surface area contributed by atoms with Crippen molar-refractivity contribution in [2.45, 2.75) is 25.4 Å². The average Bonchev–Trinajstić information content (AvgIpc) is 2.79. The van der Waals surface area contributed by atoms with Crippen molar-refractivity contribution in [3.63, 3.8) is 0 Å². The van der Waals surface area contributed by atoms with E-state index in [2.05, 4.69) is 5.32 Å².